The van der Waals surface area contributed by atoms with Crippen LogP contribution in [0.4, 0.5) is 0 Å². The van der Waals surface area contributed by atoms with Crippen molar-refractivity contribution in [3.8, 4) is 0 Å². The fraction of sp³-hybridized carbons (Fsp3) is 0.900. The topological polar surface area (TPSA) is 120 Å². The normalized spacial score (nSPS) is 14.5. The number of rotatable bonds is 17. The lowest BCUT2D eigenvalue weighted by Gasteiger charge is -2.20. The molecule has 2 amide bonds. The van der Waals surface area contributed by atoms with Gasteiger partial charge in [0, 0.05) is 19.1 Å². The molecule has 0 radical (unpaired) electrons. The van der Waals surface area contributed by atoms with E-state index in [1.807, 2.05) is 14.1 Å². The van der Waals surface area contributed by atoms with Crippen molar-refractivity contribution in [2.24, 2.45) is 11.7 Å². The van der Waals surface area contributed by atoms with Crippen molar-refractivity contribution in [2.75, 3.05) is 40.8 Å². The summed E-state index contributed by atoms with van der Waals surface area (Å²) < 4.78 is 0. The molecule has 8 nitrogen and oxygen atoms in total. The van der Waals surface area contributed by atoms with Gasteiger partial charge < -0.3 is 32.3 Å². The van der Waals surface area contributed by atoms with E-state index in [0.29, 0.717) is 25.4 Å². The summed E-state index contributed by atoms with van der Waals surface area (Å²) >= 11 is 0. The Balaban J connectivity index is 4.03. The predicted molar refractivity (Wildman–Crippen MR) is 116 cm³/mol. The summed E-state index contributed by atoms with van der Waals surface area (Å²) in [5.74, 6) is 0.341. The fourth-order valence-corrected chi connectivity index (χ4v) is 3.06. The maximum atomic E-state index is 12.4. The van der Waals surface area contributed by atoms with Gasteiger partial charge in [-0.25, -0.2) is 0 Å². The van der Waals surface area contributed by atoms with Crippen molar-refractivity contribution >= 4 is 11.8 Å². The van der Waals surface area contributed by atoms with E-state index in [1.54, 1.807) is 7.05 Å². The first-order valence-electron chi connectivity index (χ1n) is 10.7. The monoisotopic (exact) mass is 400 g/mol. The van der Waals surface area contributed by atoms with Gasteiger partial charge in [0.15, 0.2) is 0 Å². The second-order valence-electron chi connectivity index (χ2n) is 7.84. The minimum Gasteiger partial charge on any atom is -0.355 e. The third-order valence-electron chi connectivity index (χ3n) is 4.86. The first-order valence-corrected chi connectivity index (χ1v) is 10.7. The van der Waals surface area contributed by atoms with E-state index >= 15 is 0 Å². The summed E-state index contributed by atoms with van der Waals surface area (Å²) in [7, 11) is 5.67. The van der Waals surface area contributed by atoms with Crippen LogP contribution < -0.4 is 32.3 Å². The van der Waals surface area contributed by atoms with E-state index in [-0.39, 0.29) is 23.9 Å². The van der Waals surface area contributed by atoms with E-state index in [0.717, 1.165) is 38.6 Å². The molecule has 8 heteroatoms. The number of carbonyl (C=O) groups excluding carboxylic acids is 2. The summed E-state index contributed by atoms with van der Waals surface area (Å²) in [4.78, 5) is 24.3. The van der Waals surface area contributed by atoms with Crippen molar-refractivity contribution in [2.45, 2.75) is 70.5 Å². The summed E-state index contributed by atoms with van der Waals surface area (Å²) in [6, 6.07) is -0.377. The Morgan fingerprint density at radius 3 is 2.14 bits per heavy atom. The molecule has 0 heterocycles. The number of hydrogen-bond donors (Lipinski definition) is 6. The van der Waals surface area contributed by atoms with E-state index in [4.69, 9.17) is 5.73 Å². The van der Waals surface area contributed by atoms with Gasteiger partial charge in [-0.2, -0.15) is 0 Å². The van der Waals surface area contributed by atoms with Crippen LogP contribution in [-0.4, -0.2) is 70.7 Å². The van der Waals surface area contributed by atoms with Gasteiger partial charge in [-0.1, -0.05) is 13.8 Å². The zero-order valence-electron chi connectivity index (χ0n) is 18.6. The minimum absolute atomic E-state index is 0.0272. The molecule has 0 saturated heterocycles. The number of nitrogens with two attached hydrogens (primary N) is 1. The van der Waals surface area contributed by atoms with Gasteiger partial charge in [-0.05, 0) is 72.1 Å². The van der Waals surface area contributed by atoms with Crippen LogP contribution in [0.2, 0.25) is 0 Å². The SMILES string of the molecule is CNCCC[C@@H](CNC(=O)[C@H](CCCCNC(=O)[C@@H](N)CC(C)C)NC)NC. The lowest BCUT2D eigenvalue weighted by molar-refractivity contribution is -0.124. The highest BCUT2D eigenvalue weighted by Crippen LogP contribution is 2.04. The zero-order valence-corrected chi connectivity index (χ0v) is 18.6. The standard InChI is InChI=1S/C20H44N6O2/c1-15(2)13-17(21)19(27)25-12-7-6-10-18(24-5)20(28)26-14-16(23-4)9-8-11-22-3/h15-18,22-24H,6-14,21H2,1-5H3,(H,25,27)(H,26,28)/t16-,17-,18-/m0/s1. The highest BCUT2D eigenvalue weighted by molar-refractivity contribution is 5.82. The van der Waals surface area contributed by atoms with Crippen LogP contribution in [0.25, 0.3) is 0 Å². The van der Waals surface area contributed by atoms with Gasteiger partial charge in [-0.3, -0.25) is 9.59 Å². The smallest absolute Gasteiger partial charge is 0.237 e. The summed E-state index contributed by atoms with van der Waals surface area (Å²) in [6.45, 7) is 6.30. The third kappa shape index (κ3) is 13.0. The number of hydrogen-bond acceptors (Lipinski definition) is 6. The van der Waals surface area contributed by atoms with Gasteiger partial charge in [0.2, 0.25) is 11.8 Å². The van der Waals surface area contributed by atoms with Gasteiger partial charge in [0.1, 0.15) is 0 Å². The van der Waals surface area contributed by atoms with Crippen molar-refractivity contribution < 1.29 is 9.59 Å². The van der Waals surface area contributed by atoms with Crippen LogP contribution in [0, 0.1) is 5.92 Å². The number of nitrogens with one attached hydrogen (secondary N) is 5. The van der Waals surface area contributed by atoms with Gasteiger partial charge in [-0.15, -0.1) is 0 Å². The number of unbranched alkanes of at least 4 members (excludes halogenated alkanes) is 1. The number of likely N-dealkylation sites (N-methyl/N-ethyl adjacent to an activating group) is 2. The molecule has 0 rings (SSSR count). The average molecular weight is 401 g/mol. The molecule has 28 heavy (non-hydrogen) atoms. The molecule has 0 saturated carbocycles. The molecule has 0 fully saturated rings. The first kappa shape index (κ1) is 26.8. The van der Waals surface area contributed by atoms with Crippen LogP contribution >= 0.6 is 0 Å². The van der Waals surface area contributed by atoms with Crippen LogP contribution in [0.15, 0.2) is 0 Å². The Bertz CT molecular complexity index is 420. The zero-order chi connectivity index (χ0) is 21.4. The Hall–Kier alpha value is -1.22. The number of carbonyl (C=O) groups is 2. The van der Waals surface area contributed by atoms with E-state index in [1.165, 1.54) is 0 Å². The molecule has 166 valence electrons. The molecular weight excluding hydrogens is 356 g/mol. The van der Waals surface area contributed by atoms with Crippen LogP contribution in [0.5, 0.6) is 0 Å². The summed E-state index contributed by atoms with van der Waals surface area (Å²) in [6.07, 6.45) is 5.20. The Labute approximate surface area is 171 Å². The van der Waals surface area contributed by atoms with Gasteiger partial charge in [0.25, 0.3) is 0 Å². The molecule has 0 aliphatic heterocycles. The van der Waals surface area contributed by atoms with Crippen LogP contribution in [0.1, 0.15) is 52.4 Å². The highest BCUT2D eigenvalue weighted by Gasteiger charge is 2.17. The molecule has 0 spiro atoms. The quantitative estimate of drug-likeness (QED) is 0.190. The molecule has 0 bridgehead atoms. The largest absolute Gasteiger partial charge is 0.355 e. The average Bonchev–Trinajstić information content (AvgIpc) is 2.66. The molecule has 0 aromatic rings. The molecule has 3 atom stereocenters. The Morgan fingerprint density at radius 1 is 0.857 bits per heavy atom. The Kier molecular flexibility index (Phi) is 16.0. The second-order valence-corrected chi connectivity index (χ2v) is 7.84. The first-order chi connectivity index (χ1) is 13.3. The number of amides is 2. The molecule has 0 unspecified atom stereocenters. The van der Waals surface area contributed by atoms with E-state index in [2.05, 4.69) is 40.4 Å². The molecule has 0 aliphatic rings. The van der Waals surface area contributed by atoms with Crippen molar-refractivity contribution in [1.29, 1.82) is 0 Å². The van der Waals surface area contributed by atoms with Gasteiger partial charge >= 0.3 is 0 Å². The molecule has 0 aliphatic carbocycles. The van der Waals surface area contributed by atoms with E-state index < -0.39 is 6.04 Å². The summed E-state index contributed by atoms with van der Waals surface area (Å²) in [5.41, 5.74) is 5.87. The van der Waals surface area contributed by atoms with Crippen molar-refractivity contribution in [3.05, 3.63) is 0 Å². The van der Waals surface area contributed by atoms with Gasteiger partial charge in [0.05, 0.1) is 12.1 Å². The maximum absolute atomic E-state index is 12.4. The third-order valence-corrected chi connectivity index (χ3v) is 4.86. The molecule has 7 N–H and O–H groups in total. The van der Waals surface area contributed by atoms with E-state index in [9.17, 15) is 9.59 Å². The van der Waals surface area contributed by atoms with Crippen LogP contribution in [0.3, 0.4) is 0 Å². The lowest BCUT2D eigenvalue weighted by atomic mass is 10.0. The second kappa shape index (κ2) is 16.7. The fourth-order valence-electron chi connectivity index (χ4n) is 3.06. The lowest BCUT2D eigenvalue weighted by Crippen LogP contribution is -2.47. The Morgan fingerprint density at radius 2 is 1.57 bits per heavy atom. The summed E-state index contributed by atoms with van der Waals surface area (Å²) in [5, 5.41) is 15.4. The molecule has 0 aromatic heterocycles. The predicted octanol–water partition coefficient (Wildman–Crippen LogP) is -0.0619. The molecule has 0 aromatic carbocycles. The van der Waals surface area contributed by atoms with Crippen molar-refractivity contribution in [3.63, 3.8) is 0 Å². The molecular formula is C20H44N6O2. The van der Waals surface area contributed by atoms with Crippen molar-refractivity contribution in [1.82, 2.24) is 26.6 Å². The highest BCUT2D eigenvalue weighted by atomic mass is 16.2. The minimum atomic E-state index is -0.441. The maximum Gasteiger partial charge on any atom is 0.237 e. The van der Waals surface area contributed by atoms with Crippen LogP contribution in [-0.2, 0) is 9.59 Å².